The molecule has 1 aliphatic rings. The van der Waals surface area contributed by atoms with Crippen LogP contribution < -0.4 is 5.32 Å². The molecule has 0 aromatic carbocycles. The van der Waals surface area contributed by atoms with Crippen molar-refractivity contribution in [2.75, 3.05) is 5.32 Å². The molecule has 0 amide bonds. The second-order valence-electron chi connectivity index (χ2n) is 8.44. The van der Waals surface area contributed by atoms with Crippen LogP contribution in [0.2, 0.25) is 0 Å². The molecule has 2 N–H and O–H groups in total. The molecular weight excluding hydrogens is 376 g/mol. The van der Waals surface area contributed by atoms with Gasteiger partial charge in [-0.25, -0.2) is 15.0 Å². The first-order chi connectivity index (χ1) is 14.6. The average molecular weight is 403 g/mol. The van der Waals surface area contributed by atoms with Gasteiger partial charge in [-0.1, -0.05) is 12.1 Å². The quantitative estimate of drug-likeness (QED) is 0.482. The van der Waals surface area contributed by atoms with Crippen LogP contribution in [-0.2, 0) is 0 Å². The number of H-pyrrole nitrogens is 1. The molecule has 30 heavy (non-hydrogen) atoms. The van der Waals surface area contributed by atoms with E-state index >= 15 is 0 Å². The molecule has 154 valence electrons. The number of fused-ring (bicyclic) bond motifs is 1. The lowest BCUT2D eigenvalue weighted by molar-refractivity contribution is 0.360. The highest BCUT2D eigenvalue weighted by molar-refractivity contribution is 5.94. The fourth-order valence-corrected chi connectivity index (χ4v) is 4.26. The number of rotatable bonds is 4. The molecule has 1 aliphatic carbocycles. The van der Waals surface area contributed by atoms with E-state index in [2.05, 4.69) is 33.4 Å². The number of anilines is 1. The molecule has 7 heteroatoms. The van der Waals surface area contributed by atoms with Crippen LogP contribution in [0, 0.1) is 19.8 Å². The third kappa shape index (κ3) is 3.44. The molecule has 7 nitrogen and oxygen atoms in total. The maximum absolute atomic E-state index is 5.06. The molecule has 0 saturated heterocycles. The van der Waals surface area contributed by atoms with Crippen LogP contribution in [0.3, 0.4) is 0 Å². The summed E-state index contributed by atoms with van der Waals surface area (Å²) < 4.78 is 5.06. The highest BCUT2D eigenvalue weighted by atomic mass is 16.5. The van der Waals surface area contributed by atoms with Gasteiger partial charge >= 0.3 is 0 Å². The summed E-state index contributed by atoms with van der Waals surface area (Å²) in [4.78, 5) is 17.5. The zero-order valence-electron chi connectivity index (χ0n) is 17.6. The lowest BCUT2D eigenvalue weighted by atomic mass is 9.87. The van der Waals surface area contributed by atoms with Gasteiger partial charge in [-0.2, -0.15) is 0 Å². The molecule has 4 aromatic rings. The molecule has 5 rings (SSSR count). The zero-order chi connectivity index (χ0) is 20.7. The van der Waals surface area contributed by atoms with Crippen molar-refractivity contribution in [3.63, 3.8) is 0 Å². The minimum Gasteiger partial charge on any atom is -0.364 e. The van der Waals surface area contributed by atoms with E-state index in [1.165, 1.54) is 25.7 Å². The minimum absolute atomic E-state index is 0.454. The molecule has 4 aromatic heterocycles. The second-order valence-corrected chi connectivity index (χ2v) is 8.44. The van der Waals surface area contributed by atoms with Crippen molar-refractivity contribution in [3.05, 3.63) is 42.0 Å². The third-order valence-corrected chi connectivity index (χ3v) is 6.14. The molecule has 0 aliphatic heterocycles. The van der Waals surface area contributed by atoms with Crippen LogP contribution >= 0.6 is 0 Å². The Bertz CT molecular complexity index is 1190. The Labute approximate surface area is 175 Å². The number of nitrogens with zero attached hydrogens (tertiary/aromatic N) is 4. The summed E-state index contributed by atoms with van der Waals surface area (Å²) in [6.07, 6.45) is 10.4. The van der Waals surface area contributed by atoms with Crippen molar-refractivity contribution in [1.82, 2.24) is 25.1 Å². The molecule has 1 fully saturated rings. The van der Waals surface area contributed by atoms with Gasteiger partial charge in [-0.05, 0) is 63.1 Å². The smallest absolute Gasteiger partial charge is 0.223 e. The first-order valence-corrected chi connectivity index (χ1v) is 10.6. The van der Waals surface area contributed by atoms with Gasteiger partial charge < -0.3 is 14.8 Å². The first-order valence-electron chi connectivity index (χ1n) is 10.6. The molecule has 0 radical (unpaired) electrons. The lowest BCUT2D eigenvalue weighted by Crippen LogP contribution is -2.26. The summed E-state index contributed by atoms with van der Waals surface area (Å²) in [6.45, 7) is 6.29. The van der Waals surface area contributed by atoms with E-state index in [0.29, 0.717) is 12.0 Å². The Morgan fingerprint density at radius 2 is 1.90 bits per heavy atom. The van der Waals surface area contributed by atoms with Gasteiger partial charge in [0, 0.05) is 29.4 Å². The number of aromatic amines is 1. The Balaban J connectivity index is 1.47. The zero-order valence-corrected chi connectivity index (χ0v) is 17.6. The highest BCUT2D eigenvalue weighted by Crippen LogP contribution is 2.32. The molecule has 0 bridgehead atoms. The summed E-state index contributed by atoms with van der Waals surface area (Å²) in [5, 5.41) is 8.53. The van der Waals surface area contributed by atoms with Gasteiger partial charge in [-0.3, -0.25) is 0 Å². The number of nitrogens with one attached hydrogen (secondary N) is 2. The molecule has 0 spiro atoms. The van der Waals surface area contributed by atoms with Crippen molar-refractivity contribution < 1.29 is 4.52 Å². The summed E-state index contributed by atoms with van der Waals surface area (Å²) >= 11 is 0. The normalized spacial score (nSPS) is 19.3. The lowest BCUT2D eigenvalue weighted by Gasteiger charge is -2.27. The number of aryl methyl sites for hydroxylation is 2. The first kappa shape index (κ1) is 18.8. The molecule has 0 atom stereocenters. The standard InChI is InChI=1S/C23H26N6O/c1-13-4-6-16(7-5-13)26-23-25-10-14(2)21(28-23)18-11-24-22-17(18)8-9-20(27-22)19-12-30-29-15(19)3/h8-13,16H,4-7H2,1-3H3,(H,24,27)(H,25,26,28). The maximum Gasteiger partial charge on any atom is 0.223 e. The number of hydrogen-bond acceptors (Lipinski definition) is 6. The molecule has 1 saturated carbocycles. The molecule has 4 heterocycles. The molecule has 0 unspecified atom stereocenters. The second kappa shape index (κ2) is 7.55. The largest absolute Gasteiger partial charge is 0.364 e. The summed E-state index contributed by atoms with van der Waals surface area (Å²) in [7, 11) is 0. The van der Waals surface area contributed by atoms with Crippen LogP contribution in [0.4, 0.5) is 5.95 Å². The van der Waals surface area contributed by atoms with Crippen LogP contribution in [0.1, 0.15) is 43.9 Å². The van der Waals surface area contributed by atoms with Crippen LogP contribution in [0.5, 0.6) is 0 Å². The summed E-state index contributed by atoms with van der Waals surface area (Å²) in [6, 6.07) is 4.53. The number of hydrogen-bond donors (Lipinski definition) is 2. The van der Waals surface area contributed by atoms with E-state index in [-0.39, 0.29) is 0 Å². The van der Waals surface area contributed by atoms with Gasteiger partial charge in [-0.15, -0.1) is 0 Å². The van der Waals surface area contributed by atoms with Crippen molar-refractivity contribution >= 4 is 17.0 Å². The summed E-state index contributed by atoms with van der Waals surface area (Å²) in [5.74, 6) is 1.52. The van der Waals surface area contributed by atoms with Crippen LogP contribution in [0.25, 0.3) is 33.5 Å². The van der Waals surface area contributed by atoms with Crippen molar-refractivity contribution in [2.24, 2.45) is 5.92 Å². The predicted octanol–water partition coefficient (Wildman–Crippen LogP) is 5.28. The van der Waals surface area contributed by atoms with E-state index in [1.807, 2.05) is 32.3 Å². The van der Waals surface area contributed by atoms with E-state index in [0.717, 1.165) is 50.7 Å². The van der Waals surface area contributed by atoms with Crippen molar-refractivity contribution in [2.45, 2.75) is 52.5 Å². The van der Waals surface area contributed by atoms with Crippen LogP contribution in [-0.4, -0.2) is 31.1 Å². The topological polar surface area (TPSA) is 92.5 Å². The van der Waals surface area contributed by atoms with Gasteiger partial charge in [0.1, 0.15) is 11.9 Å². The van der Waals surface area contributed by atoms with Gasteiger partial charge in [0.25, 0.3) is 0 Å². The fourth-order valence-electron chi connectivity index (χ4n) is 4.26. The summed E-state index contributed by atoms with van der Waals surface area (Å²) in [5.41, 5.74) is 6.38. The molecular formula is C23H26N6O. The number of pyridine rings is 1. The number of aromatic nitrogens is 5. The Kier molecular flexibility index (Phi) is 4.73. The third-order valence-electron chi connectivity index (χ3n) is 6.14. The Morgan fingerprint density at radius 1 is 1.07 bits per heavy atom. The van der Waals surface area contributed by atoms with E-state index in [9.17, 15) is 0 Å². The fraction of sp³-hybridized carbons (Fsp3) is 0.391. The average Bonchev–Trinajstić information content (AvgIpc) is 3.36. The van der Waals surface area contributed by atoms with E-state index < -0.39 is 0 Å². The van der Waals surface area contributed by atoms with Gasteiger partial charge in [0.15, 0.2) is 0 Å². The Hall–Kier alpha value is -3.22. The monoisotopic (exact) mass is 402 g/mol. The predicted molar refractivity (Wildman–Crippen MR) is 117 cm³/mol. The SMILES string of the molecule is Cc1cnc(NC2CCC(C)CC2)nc1-c1c[nH]c2nc(-c3conc3C)ccc12. The van der Waals surface area contributed by atoms with E-state index in [1.54, 1.807) is 6.26 Å². The van der Waals surface area contributed by atoms with Crippen molar-refractivity contribution in [1.29, 1.82) is 0 Å². The minimum atomic E-state index is 0.454. The Morgan fingerprint density at radius 3 is 2.67 bits per heavy atom. The van der Waals surface area contributed by atoms with Gasteiger partial charge in [0.2, 0.25) is 5.95 Å². The van der Waals surface area contributed by atoms with Gasteiger partial charge in [0.05, 0.1) is 22.6 Å². The maximum atomic E-state index is 5.06. The highest BCUT2D eigenvalue weighted by Gasteiger charge is 2.20. The van der Waals surface area contributed by atoms with Crippen LogP contribution in [0.15, 0.2) is 35.3 Å². The van der Waals surface area contributed by atoms with Crippen molar-refractivity contribution in [3.8, 4) is 22.5 Å². The van der Waals surface area contributed by atoms with E-state index in [4.69, 9.17) is 14.5 Å².